The van der Waals surface area contributed by atoms with E-state index in [0.29, 0.717) is 22.5 Å². The van der Waals surface area contributed by atoms with E-state index < -0.39 is 5.91 Å². The molecule has 6 nitrogen and oxygen atoms in total. The number of nitrogens with zero attached hydrogens (tertiary/aromatic N) is 1. The molecule has 0 aliphatic rings. The van der Waals surface area contributed by atoms with Crippen molar-refractivity contribution in [1.82, 2.24) is 0 Å². The lowest BCUT2D eigenvalue weighted by atomic mass is 9.84. The van der Waals surface area contributed by atoms with Crippen LogP contribution in [0.1, 0.15) is 15.9 Å². The van der Waals surface area contributed by atoms with Crippen LogP contribution in [0.3, 0.4) is 0 Å². The van der Waals surface area contributed by atoms with Crippen molar-refractivity contribution in [3.63, 3.8) is 0 Å². The van der Waals surface area contributed by atoms with Gasteiger partial charge in [-0.2, -0.15) is 0 Å². The standard InChI is InChI=1S/C14H11BNO5/c17-8-10-7-12(5-6-13(10)15-19)21-11-3-1-9(2-4-11)14(18)16-20/h1-7,17,19H,8H2. The summed E-state index contributed by atoms with van der Waals surface area (Å²) < 4.78 is 5.56. The van der Waals surface area contributed by atoms with Crippen LogP contribution < -0.4 is 10.2 Å². The molecule has 2 aromatic rings. The molecule has 21 heavy (non-hydrogen) atoms. The van der Waals surface area contributed by atoms with Crippen LogP contribution in [0.15, 0.2) is 47.6 Å². The highest BCUT2D eigenvalue weighted by Gasteiger charge is 2.07. The van der Waals surface area contributed by atoms with E-state index in [0.717, 1.165) is 7.48 Å². The maximum Gasteiger partial charge on any atom is 0.327 e. The van der Waals surface area contributed by atoms with Gasteiger partial charge in [0.15, 0.2) is 0 Å². The van der Waals surface area contributed by atoms with Crippen LogP contribution >= 0.6 is 0 Å². The molecule has 0 fully saturated rings. The van der Waals surface area contributed by atoms with Gasteiger partial charge in [-0.05, 0) is 47.4 Å². The molecule has 0 unspecified atom stereocenters. The summed E-state index contributed by atoms with van der Waals surface area (Å²) in [7, 11) is 0.905. The molecule has 0 aliphatic carbocycles. The molecule has 0 bridgehead atoms. The van der Waals surface area contributed by atoms with Gasteiger partial charge >= 0.3 is 13.4 Å². The number of aliphatic hydroxyl groups excluding tert-OH is 1. The monoisotopic (exact) mass is 284 g/mol. The van der Waals surface area contributed by atoms with E-state index in [-0.39, 0.29) is 12.2 Å². The third kappa shape index (κ3) is 3.53. The minimum Gasteiger partial charge on any atom is -0.457 e. The summed E-state index contributed by atoms with van der Waals surface area (Å²) in [5.74, 6) is 0.0891. The Kier molecular flexibility index (Phi) is 4.81. The molecule has 0 atom stereocenters. The fraction of sp³-hybridized carbons (Fsp3) is 0.0714. The van der Waals surface area contributed by atoms with Crippen LogP contribution in [0, 0.1) is 4.91 Å². The van der Waals surface area contributed by atoms with E-state index in [1.807, 2.05) is 0 Å². The SMILES string of the molecule is O=NC(=O)c1ccc(Oc2ccc([B]O)c(CO)c2)cc1. The van der Waals surface area contributed by atoms with Crippen molar-refractivity contribution in [2.75, 3.05) is 0 Å². The minimum absolute atomic E-state index is 0.179. The molecule has 1 radical (unpaired) electrons. The number of carbonyl (C=O) groups excluding carboxylic acids is 1. The van der Waals surface area contributed by atoms with Gasteiger partial charge in [0.1, 0.15) is 11.5 Å². The first-order valence-electron chi connectivity index (χ1n) is 6.04. The van der Waals surface area contributed by atoms with Crippen molar-refractivity contribution >= 4 is 18.9 Å². The molecule has 2 aromatic carbocycles. The number of carbonyl (C=O) groups is 1. The summed E-state index contributed by atoms with van der Waals surface area (Å²) in [6, 6.07) is 10.8. The van der Waals surface area contributed by atoms with Crippen LogP contribution in [-0.4, -0.2) is 23.5 Å². The summed E-state index contributed by atoms with van der Waals surface area (Å²) in [6.07, 6.45) is 0. The van der Waals surface area contributed by atoms with Gasteiger partial charge in [-0.3, -0.25) is 4.79 Å². The summed E-state index contributed by atoms with van der Waals surface area (Å²) in [5, 5.41) is 20.5. The average molecular weight is 284 g/mol. The number of hydrogen-bond donors (Lipinski definition) is 2. The smallest absolute Gasteiger partial charge is 0.327 e. The molecule has 0 heterocycles. The third-order valence-corrected chi connectivity index (χ3v) is 2.84. The number of rotatable bonds is 5. The van der Waals surface area contributed by atoms with Gasteiger partial charge in [-0.1, -0.05) is 6.07 Å². The van der Waals surface area contributed by atoms with Crippen molar-refractivity contribution in [2.24, 2.45) is 5.18 Å². The van der Waals surface area contributed by atoms with Gasteiger partial charge < -0.3 is 14.9 Å². The van der Waals surface area contributed by atoms with Crippen molar-refractivity contribution in [2.45, 2.75) is 6.61 Å². The Bertz CT molecular complexity index is 657. The second-order valence-electron chi connectivity index (χ2n) is 4.17. The van der Waals surface area contributed by atoms with E-state index in [2.05, 4.69) is 5.18 Å². The Hall–Kier alpha value is -2.51. The molecule has 0 aliphatic heterocycles. The van der Waals surface area contributed by atoms with E-state index in [4.69, 9.17) is 9.76 Å². The fourth-order valence-electron chi connectivity index (χ4n) is 1.76. The van der Waals surface area contributed by atoms with Crippen LogP contribution in [-0.2, 0) is 6.61 Å². The zero-order valence-electron chi connectivity index (χ0n) is 10.9. The predicted molar refractivity (Wildman–Crippen MR) is 76.6 cm³/mol. The Morgan fingerprint density at radius 3 is 2.38 bits per heavy atom. The Morgan fingerprint density at radius 2 is 1.81 bits per heavy atom. The summed E-state index contributed by atoms with van der Waals surface area (Å²) >= 11 is 0. The molecule has 105 valence electrons. The molecular weight excluding hydrogens is 273 g/mol. The molecule has 0 saturated heterocycles. The van der Waals surface area contributed by atoms with Gasteiger partial charge in [0.25, 0.3) is 0 Å². The van der Waals surface area contributed by atoms with E-state index in [1.165, 1.54) is 24.3 Å². The number of amides is 1. The average Bonchev–Trinajstić information content (AvgIpc) is 2.54. The second-order valence-corrected chi connectivity index (χ2v) is 4.17. The van der Waals surface area contributed by atoms with Gasteiger partial charge in [0, 0.05) is 10.7 Å². The number of aliphatic hydroxyl groups is 1. The number of benzene rings is 2. The first kappa shape index (κ1) is 14.9. The van der Waals surface area contributed by atoms with Crippen LogP contribution in [0.2, 0.25) is 0 Å². The Balaban J connectivity index is 2.18. The summed E-state index contributed by atoms with van der Waals surface area (Å²) in [4.78, 5) is 21.2. The summed E-state index contributed by atoms with van der Waals surface area (Å²) in [5.41, 5.74) is 1.20. The third-order valence-electron chi connectivity index (χ3n) is 2.84. The molecule has 1 amide bonds. The van der Waals surface area contributed by atoms with Crippen molar-refractivity contribution in [3.05, 3.63) is 58.5 Å². The van der Waals surface area contributed by atoms with Crippen LogP contribution in [0.5, 0.6) is 11.5 Å². The van der Waals surface area contributed by atoms with Crippen LogP contribution in [0.25, 0.3) is 0 Å². The number of hydrogen-bond acceptors (Lipinski definition) is 5. The lowest BCUT2D eigenvalue weighted by Gasteiger charge is -2.09. The molecular formula is C14H11BNO5. The van der Waals surface area contributed by atoms with Gasteiger partial charge in [0.2, 0.25) is 0 Å². The lowest BCUT2D eigenvalue weighted by molar-refractivity contribution is 0.100. The highest BCUT2D eigenvalue weighted by Crippen LogP contribution is 2.22. The molecule has 2 N–H and O–H groups in total. The normalized spacial score (nSPS) is 10.0. The van der Waals surface area contributed by atoms with E-state index >= 15 is 0 Å². The second kappa shape index (κ2) is 6.78. The maximum atomic E-state index is 11.1. The molecule has 7 heteroatoms. The molecule has 2 rings (SSSR count). The zero-order valence-corrected chi connectivity index (χ0v) is 10.9. The van der Waals surface area contributed by atoms with E-state index in [9.17, 15) is 14.8 Å². The van der Waals surface area contributed by atoms with Crippen molar-refractivity contribution in [3.8, 4) is 11.5 Å². The van der Waals surface area contributed by atoms with Gasteiger partial charge in [-0.25, -0.2) is 0 Å². The first-order valence-corrected chi connectivity index (χ1v) is 6.04. The lowest BCUT2D eigenvalue weighted by Crippen LogP contribution is -2.18. The molecule has 0 spiro atoms. The van der Waals surface area contributed by atoms with Gasteiger partial charge in [-0.15, -0.1) is 4.91 Å². The Labute approximate surface area is 121 Å². The quantitative estimate of drug-likeness (QED) is 0.633. The van der Waals surface area contributed by atoms with Crippen LogP contribution in [0.4, 0.5) is 0 Å². The minimum atomic E-state index is -0.841. The topological polar surface area (TPSA) is 96.2 Å². The number of nitroso groups, excluding NO2 is 1. The van der Waals surface area contributed by atoms with Crippen molar-refractivity contribution in [1.29, 1.82) is 0 Å². The number of ether oxygens (including phenoxy) is 1. The first-order chi connectivity index (χ1) is 10.2. The zero-order chi connectivity index (χ0) is 15.2. The Morgan fingerprint density at radius 1 is 1.14 bits per heavy atom. The maximum absolute atomic E-state index is 11.1. The van der Waals surface area contributed by atoms with E-state index in [1.54, 1.807) is 18.2 Å². The predicted octanol–water partition coefficient (Wildman–Crippen LogP) is 1.11. The highest BCUT2D eigenvalue weighted by atomic mass is 16.5. The molecule has 0 saturated carbocycles. The van der Waals surface area contributed by atoms with Gasteiger partial charge in [0.05, 0.1) is 6.61 Å². The molecule has 0 aromatic heterocycles. The summed E-state index contributed by atoms with van der Waals surface area (Å²) in [6.45, 7) is -0.234. The van der Waals surface area contributed by atoms with Crippen molar-refractivity contribution < 1.29 is 19.7 Å². The fourth-order valence-corrected chi connectivity index (χ4v) is 1.76. The largest absolute Gasteiger partial charge is 0.457 e. The highest BCUT2D eigenvalue weighted by molar-refractivity contribution is 6.46.